The fraction of sp³-hybridized carbons (Fsp3) is 0.657. The van der Waals surface area contributed by atoms with Gasteiger partial charge in [0.25, 0.3) is 0 Å². The summed E-state index contributed by atoms with van der Waals surface area (Å²) in [6, 6.07) is -1.06. The van der Waals surface area contributed by atoms with Crippen molar-refractivity contribution in [3.63, 3.8) is 0 Å². The van der Waals surface area contributed by atoms with Crippen molar-refractivity contribution in [1.82, 2.24) is 5.32 Å². The van der Waals surface area contributed by atoms with Gasteiger partial charge in [-0.3, -0.25) is 9.59 Å². The molecule has 8 atom stereocenters. The molecule has 0 bridgehead atoms. The molecule has 1 aliphatic heterocycles. The molecule has 460 valence electrons. The maximum Gasteiger partial charge on any atom is 0.306 e. The van der Waals surface area contributed by atoms with Crippen LogP contribution in [0.1, 0.15) is 233 Å². The van der Waals surface area contributed by atoms with Gasteiger partial charge >= 0.3 is 5.97 Å². The molecule has 11 heteroatoms. The first-order chi connectivity index (χ1) is 39.7. The van der Waals surface area contributed by atoms with E-state index in [4.69, 9.17) is 14.2 Å². The van der Waals surface area contributed by atoms with Gasteiger partial charge in [0, 0.05) is 6.42 Å². The van der Waals surface area contributed by atoms with E-state index in [1.165, 1.54) is 57.8 Å². The molecule has 1 saturated heterocycles. The van der Waals surface area contributed by atoms with Gasteiger partial charge in [-0.2, -0.15) is 0 Å². The number of ether oxygens (including phenoxy) is 3. The molecule has 1 rings (SSSR count). The number of hydrogen-bond acceptors (Lipinski definition) is 10. The topological polar surface area (TPSA) is 175 Å². The minimum atomic E-state index is -1.64. The zero-order valence-corrected chi connectivity index (χ0v) is 50.8. The average molecular weight is 1130 g/mol. The lowest BCUT2D eigenvalue weighted by molar-refractivity contribution is -0.305. The van der Waals surface area contributed by atoms with Crippen molar-refractivity contribution in [3.05, 3.63) is 134 Å². The Hall–Kier alpha value is -4.20. The third-order valence-electron chi connectivity index (χ3n) is 14.0. The molecule has 0 aliphatic carbocycles. The summed E-state index contributed by atoms with van der Waals surface area (Å²) in [4.78, 5) is 26.6. The molecule has 0 spiro atoms. The molecule has 81 heavy (non-hydrogen) atoms. The van der Waals surface area contributed by atoms with Crippen LogP contribution in [0.5, 0.6) is 0 Å². The lowest BCUT2D eigenvalue weighted by atomic mass is 9.99. The Morgan fingerprint density at radius 3 is 1.36 bits per heavy atom. The fourth-order valence-electron chi connectivity index (χ4n) is 8.99. The molecule has 0 aromatic rings. The van der Waals surface area contributed by atoms with Crippen LogP contribution in [0.15, 0.2) is 134 Å². The number of esters is 1. The van der Waals surface area contributed by atoms with E-state index in [1.54, 1.807) is 6.08 Å². The second kappa shape index (κ2) is 56.3. The summed E-state index contributed by atoms with van der Waals surface area (Å²) < 4.78 is 17.6. The zero-order valence-electron chi connectivity index (χ0n) is 50.8. The molecule has 1 heterocycles. The summed E-state index contributed by atoms with van der Waals surface area (Å²) in [5.41, 5.74) is 0. The van der Waals surface area contributed by atoms with Crippen molar-refractivity contribution in [2.75, 3.05) is 13.2 Å². The first kappa shape index (κ1) is 74.8. The van der Waals surface area contributed by atoms with Gasteiger partial charge in [0.1, 0.15) is 24.4 Å². The van der Waals surface area contributed by atoms with Crippen LogP contribution in [0.4, 0.5) is 0 Å². The Bertz CT molecular complexity index is 1830. The molecule has 0 aromatic heterocycles. The minimum Gasteiger partial charge on any atom is -0.454 e. The quantitative estimate of drug-likeness (QED) is 0.0195. The van der Waals surface area contributed by atoms with Crippen LogP contribution in [-0.4, -0.2) is 99.6 Å². The van der Waals surface area contributed by atoms with Gasteiger partial charge in [0.05, 0.1) is 25.4 Å². The maximum absolute atomic E-state index is 13.4. The smallest absolute Gasteiger partial charge is 0.306 e. The van der Waals surface area contributed by atoms with E-state index in [0.29, 0.717) is 12.8 Å². The van der Waals surface area contributed by atoms with Gasteiger partial charge in [-0.25, -0.2) is 0 Å². The Morgan fingerprint density at radius 2 is 0.889 bits per heavy atom. The predicted molar refractivity (Wildman–Crippen MR) is 337 cm³/mol. The van der Waals surface area contributed by atoms with Crippen LogP contribution in [0.25, 0.3) is 0 Å². The molecule has 1 fully saturated rings. The number of carbonyl (C=O) groups excluding carboxylic acids is 2. The Kier molecular flexibility index (Phi) is 52.0. The Morgan fingerprint density at radius 1 is 0.494 bits per heavy atom. The molecule has 1 aliphatic rings. The van der Waals surface area contributed by atoms with Crippen LogP contribution in [0.2, 0.25) is 0 Å². The fourth-order valence-corrected chi connectivity index (χ4v) is 8.99. The predicted octanol–water partition coefficient (Wildman–Crippen LogP) is 15.6. The zero-order chi connectivity index (χ0) is 58.9. The summed E-state index contributed by atoms with van der Waals surface area (Å²) in [5.74, 6) is -1.26. The van der Waals surface area contributed by atoms with Crippen molar-refractivity contribution >= 4 is 11.9 Å². The first-order valence-electron chi connectivity index (χ1n) is 32.0. The number of aliphatic hydroxyl groups is 5. The number of unbranched alkanes of at least 4 members (excludes halogenated alkanes) is 18. The first-order valence-corrected chi connectivity index (χ1v) is 32.0. The van der Waals surface area contributed by atoms with Crippen molar-refractivity contribution < 1.29 is 49.3 Å². The van der Waals surface area contributed by atoms with E-state index in [9.17, 15) is 35.1 Å². The average Bonchev–Trinajstić information content (AvgIpc) is 3.50. The van der Waals surface area contributed by atoms with Gasteiger partial charge < -0.3 is 45.1 Å². The molecule has 11 nitrogen and oxygen atoms in total. The molecule has 8 unspecified atom stereocenters. The maximum atomic E-state index is 13.4. The monoisotopic (exact) mass is 1130 g/mol. The van der Waals surface area contributed by atoms with Crippen molar-refractivity contribution in [2.45, 2.75) is 282 Å². The van der Waals surface area contributed by atoms with Gasteiger partial charge in [0.2, 0.25) is 5.91 Å². The van der Waals surface area contributed by atoms with E-state index in [0.717, 1.165) is 128 Å². The summed E-state index contributed by atoms with van der Waals surface area (Å²) in [7, 11) is 0. The normalized spacial score (nSPS) is 19.6. The third kappa shape index (κ3) is 44.1. The number of rotatable bonds is 52. The van der Waals surface area contributed by atoms with Crippen molar-refractivity contribution in [2.24, 2.45) is 0 Å². The molecule has 1 amide bonds. The number of nitrogens with one attached hydrogen (secondary N) is 1. The van der Waals surface area contributed by atoms with E-state index in [2.05, 4.69) is 148 Å². The van der Waals surface area contributed by atoms with E-state index in [-0.39, 0.29) is 19.4 Å². The van der Waals surface area contributed by atoms with Gasteiger partial charge in [0.15, 0.2) is 12.4 Å². The number of allylic oxidation sites excluding steroid dienone is 21. The van der Waals surface area contributed by atoms with Crippen LogP contribution in [0.3, 0.4) is 0 Å². The van der Waals surface area contributed by atoms with Gasteiger partial charge in [-0.1, -0.05) is 238 Å². The standard InChI is InChI=1S/C70H115NO10/c1-4-7-10-13-16-19-22-24-26-28-30-31-32-33-34-36-38-40-43-46-49-52-55-58-65(75)81-68-67(77)66(76)64(59-72)80-70(68)79-60-61(62(73)56-53-50-47-44-41-21-18-15-12-9-6-3)71-69(78)63(74)57-54-51-48-45-42-39-37-35-29-27-25-23-20-17-14-11-8-5-2/h7,10,16-17,19-20,24-27,30-31,33-35,37-38,40,42,45,53,56,61-64,66-68,70,72-74,76-77H,4-6,8-9,11-15,18,21-23,28-29,32,36,39,41,43-44,46-52,54-55,57-60H2,1-3H3,(H,71,78)/b10-7-,19-16-,20-17-,26-24-,27-25-,31-30-,34-33-,37-35-,40-38-,45-42-,56-53+. The minimum absolute atomic E-state index is 0.0813. The number of amides is 1. The summed E-state index contributed by atoms with van der Waals surface area (Å²) in [5, 5.41) is 57.0. The molecular weight excluding hydrogens is 1010 g/mol. The lowest BCUT2D eigenvalue weighted by Crippen LogP contribution is -2.61. The van der Waals surface area contributed by atoms with Crippen LogP contribution in [-0.2, 0) is 23.8 Å². The molecule has 6 N–H and O–H groups in total. The summed E-state index contributed by atoms with van der Waals surface area (Å²) in [6.07, 6.45) is 69.1. The second-order valence-corrected chi connectivity index (χ2v) is 21.4. The molecule has 0 radical (unpaired) electrons. The number of carbonyl (C=O) groups is 2. The van der Waals surface area contributed by atoms with Crippen LogP contribution in [0, 0.1) is 0 Å². The van der Waals surface area contributed by atoms with Gasteiger partial charge in [-0.15, -0.1) is 0 Å². The second-order valence-electron chi connectivity index (χ2n) is 21.4. The van der Waals surface area contributed by atoms with Crippen LogP contribution < -0.4 is 5.32 Å². The molecule has 0 aromatic carbocycles. The Labute approximate surface area is 493 Å². The number of hydrogen-bond donors (Lipinski definition) is 6. The highest BCUT2D eigenvalue weighted by Crippen LogP contribution is 2.26. The highest BCUT2D eigenvalue weighted by molar-refractivity contribution is 5.80. The summed E-state index contributed by atoms with van der Waals surface area (Å²) >= 11 is 0. The lowest BCUT2D eigenvalue weighted by Gasteiger charge is -2.41. The van der Waals surface area contributed by atoms with Gasteiger partial charge in [-0.05, 0) is 122 Å². The summed E-state index contributed by atoms with van der Waals surface area (Å²) in [6.45, 7) is 5.59. The Balaban J connectivity index is 2.69. The molecule has 0 saturated carbocycles. The van der Waals surface area contributed by atoms with Crippen LogP contribution >= 0.6 is 0 Å². The largest absolute Gasteiger partial charge is 0.454 e. The SMILES string of the molecule is CC/C=C\C/C=C\C/C=C\C/C=C\C/C=C\C/C=C\CCCCCCC(=O)OC1C(OCC(NC(=O)C(O)CCCC/C=C\C/C=C\C/C=C\C/C=C\CCCCC)C(O)/C=C/CCCCCCCCCCC)OC(CO)C(O)C1O. The number of aliphatic hydroxyl groups excluding tert-OH is 5. The van der Waals surface area contributed by atoms with E-state index >= 15 is 0 Å². The van der Waals surface area contributed by atoms with Crippen molar-refractivity contribution in [1.29, 1.82) is 0 Å². The highest BCUT2D eigenvalue weighted by atomic mass is 16.7. The van der Waals surface area contributed by atoms with E-state index < -0.39 is 67.4 Å². The highest BCUT2D eigenvalue weighted by Gasteiger charge is 2.47. The third-order valence-corrected chi connectivity index (χ3v) is 14.0. The van der Waals surface area contributed by atoms with Crippen molar-refractivity contribution in [3.8, 4) is 0 Å². The molecular formula is C70H115NO10. The van der Waals surface area contributed by atoms with E-state index in [1.807, 2.05) is 6.08 Å².